The highest BCUT2D eigenvalue weighted by molar-refractivity contribution is 5.77. The molecule has 0 bridgehead atoms. The van der Waals surface area contributed by atoms with E-state index in [0.717, 1.165) is 35.6 Å². The normalized spacial score (nSPS) is 11.1. The van der Waals surface area contributed by atoms with Crippen LogP contribution in [0, 0.1) is 6.92 Å². The molecule has 0 spiro atoms. The van der Waals surface area contributed by atoms with Crippen LogP contribution in [0.3, 0.4) is 0 Å². The van der Waals surface area contributed by atoms with Gasteiger partial charge in [0.1, 0.15) is 5.82 Å². The van der Waals surface area contributed by atoms with Gasteiger partial charge in [-0.3, -0.25) is 0 Å². The fourth-order valence-electron chi connectivity index (χ4n) is 2.64. The minimum absolute atomic E-state index is 0.772. The van der Waals surface area contributed by atoms with E-state index in [1.54, 1.807) is 0 Å². The van der Waals surface area contributed by atoms with E-state index < -0.39 is 0 Å². The van der Waals surface area contributed by atoms with E-state index in [0.29, 0.717) is 0 Å². The molecule has 0 saturated carbocycles. The number of para-hydroxylation sites is 1. The molecule has 0 aliphatic carbocycles. The van der Waals surface area contributed by atoms with Gasteiger partial charge in [-0.25, -0.2) is 4.98 Å². The van der Waals surface area contributed by atoms with Crippen LogP contribution in [0.2, 0.25) is 0 Å². The summed E-state index contributed by atoms with van der Waals surface area (Å²) in [5.41, 5.74) is 11.5. The summed E-state index contributed by atoms with van der Waals surface area (Å²) in [7, 11) is 0. The molecule has 2 aromatic carbocycles. The first-order valence-electron chi connectivity index (χ1n) is 6.98. The second-order valence-electron chi connectivity index (χ2n) is 5.14. The number of imidazole rings is 1. The van der Waals surface area contributed by atoms with Crippen molar-refractivity contribution in [2.45, 2.75) is 26.8 Å². The fourth-order valence-corrected chi connectivity index (χ4v) is 2.64. The van der Waals surface area contributed by atoms with Crippen molar-refractivity contribution in [1.82, 2.24) is 9.55 Å². The number of hydrogen-bond acceptors (Lipinski definition) is 2. The molecule has 0 radical (unpaired) electrons. The summed E-state index contributed by atoms with van der Waals surface area (Å²) in [4.78, 5) is 4.79. The van der Waals surface area contributed by atoms with E-state index >= 15 is 0 Å². The highest BCUT2D eigenvalue weighted by Gasteiger charge is 2.11. The Kier molecular flexibility index (Phi) is 3.18. The molecule has 1 heterocycles. The molecule has 102 valence electrons. The SMILES string of the molecule is CCn1c(Cc2ccccc2N)nc2cc(C)ccc21. The maximum absolute atomic E-state index is 6.04. The number of nitrogens with two attached hydrogens (primary N) is 1. The topological polar surface area (TPSA) is 43.8 Å². The first-order valence-corrected chi connectivity index (χ1v) is 6.98. The van der Waals surface area contributed by atoms with Gasteiger partial charge in [0.15, 0.2) is 0 Å². The number of nitrogens with zero attached hydrogens (tertiary/aromatic N) is 2. The summed E-state index contributed by atoms with van der Waals surface area (Å²) in [5.74, 6) is 1.08. The quantitative estimate of drug-likeness (QED) is 0.736. The van der Waals surface area contributed by atoms with Gasteiger partial charge < -0.3 is 10.3 Å². The predicted octanol–water partition coefficient (Wildman–Crippen LogP) is 3.54. The highest BCUT2D eigenvalue weighted by atomic mass is 15.1. The summed E-state index contributed by atoms with van der Waals surface area (Å²) in [6.07, 6.45) is 0.772. The van der Waals surface area contributed by atoms with E-state index in [4.69, 9.17) is 10.7 Å². The number of fused-ring (bicyclic) bond motifs is 1. The van der Waals surface area contributed by atoms with E-state index in [2.05, 4.69) is 42.7 Å². The molecular weight excluding hydrogens is 246 g/mol. The van der Waals surface area contributed by atoms with E-state index in [1.165, 1.54) is 11.1 Å². The zero-order valence-electron chi connectivity index (χ0n) is 11.9. The Morgan fingerprint density at radius 3 is 2.70 bits per heavy atom. The second-order valence-corrected chi connectivity index (χ2v) is 5.14. The maximum atomic E-state index is 6.04. The average Bonchev–Trinajstić information content (AvgIpc) is 2.77. The van der Waals surface area contributed by atoms with Crippen molar-refractivity contribution >= 4 is 16.7 Å². The van der Waals surface area contributed by atoms with Crippen LogP contribution in [-0.4, -0.2) is 9.55 Å². The predicted molar refractivity (Wildman–Crippen MR) is 83.8 cm³/mol. The summed E-state index contributed by atoms with van der Waals surface area (Å²) in [6, 6.07) is 14.4. The fraction of sp³-hybridized carbons (Fsp3) is 0.235. The number of anilines is 1. The lowest BCUT2D eigenvalue weighted by atomic mass is 10.1. The number of aryl methyl sites for hydroxylation is 2. The number of benzene rings is 2. The van der Waals surface area contributed by atoms with Gasteiger partial charge in [-0.2, -0.15) is 0 Å². The lowest BCUT2D eigenvalue weighted by Gasteiger charge is -2.08. The molecular formula is C17H19N3. The van der Waals surface area contributed by atoms with Crippen molar-refractivity contribution in [3.05, 3.63) is 59.4 Å². The van der Waals surface area contributed by atoms with Gasteiger partial charge in [-0.15, -0.1) is 0 Å². The van der Waals surface area contributed by atoms with Gasteiger partial charge in [0, 0.05) is 18.7 Å². The molecule has 2 N–H and O–H groups in total. The highest BCUT2D eigenvalue weighted by Crippen LogP contribution is 2.21. The Morgan fingerprint density at radius 1 is 1.15 bits per heavy atom. The van der Waals surface area contributed by atoms with E-state index in [1.807, 2.05) is 18.2 Å². The molecule has 0 amide bonds. The molecule has 3 heteroatoms. The Hall–Kier alpha value is -2.29. The minimum atomic E-state index is 0.772. The molecule has 0 fully saturated rings. The van der Waals surface area contributed by atoms with Crippen LogP contribution < -0.4 is 5.73 Å². The van der Waals surface area contributed by atoms with E-state index in [9.17, 15) is 0 Å². The van der Waals surface area contributed by atoms with Crippen molar-refractivity contribution in [3.63, 3.8) is 0 Å². The largest absolute Gasteiger partial charge is 0.398 e. The Morgan fingerprint density at radius 2 is 1.95 bits per heavy atom. The minimum Gasteiger partial charge on any atom is -0.398 e. The zero-order valence-corrected chi connectivity index (χ0v) is 11.9. The second kappa shape index (κ2) is 5.00. The molecule has 0 aliphatic heterocycles. The average molecular weight is 265 g/mol. The Labute approximate surface area is 119 Å². The van der Waals surface area contributed by atoms with Crippen molar-refractivity contribution in [3.8, 4) is 0 Å². The number of nitrogen functional groups attached to an aromatic ring is 1. The van der Waals surface area contributed by atoms with Crippen molar-refractivity contribution in [2.24, 2.45) is 0 Å². The number of hydrogen-bond donors (Lipinski definition) is 1. The standard InChI is InChI=1S/C17H19N3/c1-3-20-16-9-8-12(2)10-15(16)19-17(20)11-13-6-4-5-7-14(13)18/h4-10H,3,11,18H2,1-2H3. The molecule has 20 heavy (non-hydrogen) atoms. The van der Waals surface area contributed by atoms with Crippen LogP contribution in [0.4, 0.5) is 5.69 Å². The lowest BCUT2D eigenvalue weighted by molar-refractivity contribution is 0.734. The van der Waals surface area contributed by atoms with Crippen molar-refractivity contribution < 1.29 is 0 Å². The maximum Gasteiger partial charge on any atom is 0.114 e. The lowest BCUT2D eigenvalue weighted by Crippen LogP contribution is -2.04. The third-order valence-corrected chi connectivity index (χ3v) is 3.70. The van der Waals surface area contributed by atoms with Crippen LogP contribution >= 0.6 is 0 Å². The molecule has 1 aromatic heterocycles. The molecule has 3 rings (SSSR count). The number of rotatable bonds is 3. The van der Waals surface area contributed by atoms with Gasteiger partial charge in [0.25, 0.3) is 0 Å². The smallest absolute Gasteiger partial charge is 0.114 e. The van der Waals surface area contributed by atoms with Crippen LogP contribution in [0.5, 0.6) is 0 Å². The first kappa shape index (κ1) is 12.7. The van der Waals surface area contributed by atoms with Gasteiger partial charge in [0.2, 0.25) is 0 Å². The molecule has 3 nitrogen and oxygen atoms in total. The first-order chi connectivity index (χ1) is 9.69. The van der Waals surface area contributed by atoms with E-state index in [-0.39, 0.29) is 0 Å². The number of aromatic nitrogens is 2. The monoisotopic (exact) mass is 265 g/mol. The third-order valence-electron chi connectivity index (χ3n) is 3.70. The van der Waals surface area contributed by atoms with Crippen LogP contribution in [0.25, 0.3) is 11.0 Å². The Balaban J connectivity index is 2.09. The molecule has 0 unspecified atom stereocenters. The van der Waals surface area contributed by atoms with Crippen LogP contribution in [0.15, 0.2) is 42.5 Å². The molecule has 0 aliphatic rings. The van der Waals surface area contributed by atoms with Crippen LogP contribution in [0.1, 0.15) is 23.9 Å². The Bertz CT molecular complexity index is 756. The van der Waals surface area contributed by atoms with Gasteiger partial charge in [-0.05, 0) is 43.2 Å². The van der Waals surface area contributed by atoms with Gasteiger partial charge >= 0.3 is 0 Å². The van der Waals surface area contributed by atoms with Crippen molar-refractivity contribution in [1.29, 1.82) is 0 Å². The molecule has 0 atom stereocenters. The van der Waals surface area contributed by atoms with Gasteiger partial charge in [0.05, 0.1) is 11.0 Å². The summed E-state index contributed by atoms with van der Waals surface area (Å²) in [6.45, 7) is 5.17. The molecule has 0 saturated heterocycles. The third kappa shape index (κ3) is 2.16. The summed E-state index contributed by atoms with van der Waals surface area (Å²) in [5, 5.41) is 0. The van der Waals surface area contributed by atoms with Gasteiger partial charge in [-0.1, -0.05) is 24.3 Å². The zero-order chi connectivity index (χ0) is 14.1. The summed E-state index contributed by atoms with van der Waals surface area (Å²) < 4.78 is 2.27. The summed E-state index contributed by atoms with van der Waals surface area (Å²) >= 11 is 0. The van der Waals surface area contributed by atoms with Crippen molar-refractivity contribution in [2.75, 3.05) is 5.73 Å². The molecule has 3 aromatic rings. The van der Waals surface area contributed by atoms with Crippen LogP contribution in [-0.2, 0) is 13.0 Å².